The average Bonchev–Trinajstić information content (AvgIpc) is 2.36. The first-order valence-electron chi connectivity index (χ1n) is 8.18. The Labute approximate surface area is 122 Å². The number of terminal acetylenes is 1. The fourth-order valence-corrected chi connectivity index (χ4v) is 5.10. The summed E-state index contributed by atoms with van der Waals surface area (Å²) in [6.07, 6.45) is 15.9. The van der Waals surface area contributed by atoms with Crippen LogP contribution < -0.4 is 10.6 Å². The van der Waals surface area contributed by atoms with Crippen molar-refractivity contribution < 1.29 is 4.79 Å². The van der Waals surface area contributed by atoms with Crippen LogP contribution in [0.1, 0.15) is 57.8 Å². The van der Waals surface area contributed by atoms with Gasteiger partial charge in [-0.05, 0) is 69.1 Å². The first kappa shape index (κ1) is 13.8. The van der Waals surface area contributed by atoms with Gasteiger partial charge in [-0.15, -0.1) is 12.3 Å². The summed E-state index contributed by atoms with van der Waals surface area (Å²) in [7, 11) is 0. The van der Waals surface area contributed by atoms with Crippen LogP contribution in [0, 0.1) is 30.1 Å². The summed E-state index contributed by atoms with van der Waals surface area (Å²) in [5, 5.41) is 6.32. The van der Waals surface area contributed by atoms with Gasteiger partial charge in [-0.3, -0.25) is 0 Å². The van der Waals surface area contributed by atoms with Crippen molar-refractivity contribution in [3.63, 3.8) is 0 Å². The molecule has 4 aliphatic carbocycles. The molecule has 20 heavy (non-hydrogen) atoms. The molecule has 3 heteroatoms. The second kappa shape index (κ2) is 5.68. The fraction of sp³-hybridized carbons (Fsp3) is 0.824. The van der Waals surface area contributed by atoms with Crippen LogP contribution in [0.5, 0.6) is 0 Å². The molecular weight excluding hydrogens is 248 g/mol. The molecule has 4 saturated carbocycles. The van der Waals surface area contributed by atoms with Crippen LogP contribution in [0.25, 0.3) is 0 Å². The summed E-state index contributed by atoms with van der Waals surface area (Å²) < 4.78 is 0. The predicted octanol–water partition coefficient (Wildman–Crippen LogP) is 3.06. The van der Waals surface area contributed by atoms with Crippen LogP contribution >= 0.6 is 0 Å². The van der Waals surface area contributed by atoms with E-state index in [1.807, 2.05) is 0 Å². The molecule has 0 spiro atoms. The molecule has 0 aromatic carbocycles. The van der Waals surface area contributed by atoms with Crippen LogP contribution in [-0.2, 0) is 0 Å². The molecule has 0 aromatic heterocycles. The molecule has 2 N–H and O–H groups in total. The van der Waals surface area contributed by atoms with E-state index in [0.717, 1.165) is 43.6 Å². The third-order valence-corrected chi connectivity index (χ3v) is 5.45. The molecule has 4 fully saturated rings. The van der Waals surface area contributed by atoms with Crippen molar-refractivity contribution in [3.8, 4) is 12.3 Å². The van der Waals surface area contributed by atoms with Crippen LogP contribution in [0.15, 0.2) is 0 Å². The lowest BCUT2D eigenvalue weighted by Crippen LogP contribution is -2.61. The highest BCUT2D eigenvalue weighted by molar-refractivity contribution is 5.74. The van der Waals surface area contributed by atoms with E-state index < -0.39 is 0 Å². The Morgan fingerprint density at radius 1 is 1.10 bits per heavy atom. The number of nitrogens with one attached hydrogen (secondary N) is 2. The van der Waals surface area contributed by atoms with Gasteiger partial charge in [-0.2, -0.15) is 0 Å². The van der Waals surface area contributed by atoms with Crippen LogP contribution in [0.4, 0.5) is 4.79 Å². The molecule has 4 bridgehead atoms. The molecule has 0 aromatic rings. The smallest absolute Gasteiger partial charge is 0.315 e. The van der Waals surface area contributed by atoms with Gasteiger partial charge in [-0.25, -0.2) is 4.79 Å². The predicted molar refractivity (Wildman–Crippen MR) is 80.1 cm³/mol. The normalized spacial score (nSPS) is 37.5. The zero-order chi connectivity index (χ0) is 14.0. The number of urea groups is 1. The van der Waals surface area contributed by atoms with E-state index in [0.29, 0.717) is 0 Å². The number of carbonyl (C=O) groups is 1. The first-order valence-corrected chi connectivity index (χ1v) is 8.18. The Hall–Kier alpha value is -1.17. The monoisotopic (exact) mass is 274 g/mol. The lowest BCUT2D eigenvalue weighted by atomic mass is 9.53. The number of amides is 2. The molecule has 0 radical (unpaired) electrons. The second-order valence-electron chi connectivity index (χ2n) is 7.24. The number of hydrogen-bond donors (Lipinski definition) is 2. The van der Waals surface area contributed by atoms with E-state index in [1.54, 1.807) is 0 Å². The Balaban J connectivity index is 1.45. The van der Waals surface area contributed by atoms with E-state index >= 15 is 0 Å². The molecular formula is C17H26N2O. The summed E-state index contributed by atoms with van der Waals surface area (Å²) >= 11 is 0. The molecule has 0 saturated heterocycles. The SMILES string of the molecule is C#CCCCCNC(=O)NC12CC3CC(CC(C3)C1)C2. The van der Waals surface area contributed by atoms with E-state index in [2.05, 4.69) is 16.6 Å². The molecule has 110 valence electrons. The Morgan fingerprint density at radius 3 is 2.25 bits per heavy atom. The number of rotatable bonds is 5. The third-order valence-electron chi connectivity index (χ3n) is 5.45. The average molecular weight is 274 g/mol. The second-order valence-corrected chi connectivity index (χ2v) is 7.24. The van der Waals surface area contributed by atoms with Crippen molar-refractivity contribution in [2.45, 2.75) is 63.3 Å². The first-order chi connectivity index (χ1) is 9.69. The quantitative estimate of drug-likeness (QED) is 0.587. The van der Waals surface area contributed by atoms with Gasteiger partial charge in [0.1, 0.15) is 0 Å². The fourth-order valence-electron chi connectivity index (χ4n) is 5.10. The van der Waals surface area contributed by atoms with Crippen molar-refractivity contribution in [1.29, 1.82) is 0 Å². The molecule has 0 aliphatic heterocycles. The van der Waals surface area contributed by atoms with E-state index in [-0.39, 0.29) is 11.6 Å². The summed E-state index contributed by atoms with van der Waals surface area (Å²) in [6, 6.07) is 0.0349. The van der Waals surface area contributed by atoms with Gasteiger partial charge < -0.3 is 10.6 Å². The maximum atomic E-state index is 12.1. The van der Waals surface area contributed by atoms with Gasteiger partial charge in [0.05, 0.1) is 0 Å². The highest BCUT2D eigenvalue weighted by atomic mass is 16.2. The van der Waals surface area contributed by atoms with Gasteiger partial charge in [0.2, 0.25) is 0 Å². The Kier molecular flexibility index (Phi) is 3.92. The molecule has 0 unspecified atom stereocenters. The van der Waals surface area contributed by atoms with Crippen molar-refractivity contribution in [2.75, 3.05) is 6.54 Å². The van der Waals surface area contributed by atoms with Crippen LogP contribution in [-0.4, -0.2) is 18.1 Å². The topological polar surface area (TPSA) is 41.1 Å². The van der Waals surface area contributed by atoms with E-state index in [9.17, 15) is 4.79 Å². The lowest BCUT2D eigenvalue weighted by Gasteiger charge is -2.56. The van der Waals surface area contributed by atoms with Gasteiger partial charge in [-0.1, -0.05) is 0 Å². The third kappa shape index (κ3) is 2.95. The molecule has 4 rings (SSSR count). The largest absolute Gasteiger partial charge is 0.338 e. The zero-order valence-electron chi connectivity index (χ0n) is 12.3. The van der Waals surface area contributed by atoms with Gasteiger partial charge in [0, 0.05) is 18.5 Å². The Bertz CT molecular complexity index is 374. The molecule has 0 atom stereocenters. The lowest BCUT2D eigenvalue weighted by molar-refractivity contribution is -0.0135. The maximum absolute atomic E-state index is 12.1. The highest BCUT2D eigenvalue weighted by Gasteiger charge is 2.51. The van der Waals surface area contributed by atoms with Crippen LogP contribution in [0.2, 0.25) is 0 Å². The summed E-state index contributed by atoms with van der Waals surface area (Å²) in [5.74, 6) is 5.25. The van der Waals surface area contributed by atoms with Gasteiger partial charge in [0.15, 0.2) is 0 Å². The molecule has 3 nitrogen and oxygen atoms in total. The number of hydrogen-bond acceptors (Lipinski definition) is 1. The van der Waals surface area contributed by atoms with Gasteiger partial charge >= 0.3 is 6.03 Å². The Morgan fingerprint density at radius 2 is 1.70 bits per heavy atom. The van der Waals surface area contributed by atoms with Crippen molar-refractivity contribution in [1.82, 2.24) is 10.6 Å². The summed E-state index contributed by atoms with van der Waals surface area (Å²) in [6.45, 7) is 0.736. The minimum absolute atomic E-state index is 0.0349. The van der Waals surface area contributed by atoms with Crippen molar-refractivity contribution >= 4 is 6.03 Å². The minimum Gasteiger partial charge on any atom is -0.338 e. The van der Waals surface area contributed by atoms with Crippen LogP contribution in [0.3, 0.4) is 0 Å². The molecule has 2 amide bonds. The summed E-state index contributed by atoms with van der Waals surface area (Å²) in [5.41, 5.74) is 0.123. The molecule has 0 heterocycles. The highest BCUT2D eigenvalue weighted by Crippen LogP contribution is 2.55. The number of carbonyl (C=O) groups excluding carboxylic acids is 1. The minimum atomic E-state index is 0.0349. The van der Waals surface area contributed by atoms with E-state index in [4.69, 9.17) is 6.42 Å². The number of unbranched alkanes of at least 4 members (excludes halogenated alkanes) is 2. The van der Waals surface area contributed by atoms with E-state index in [1.165, 1.54) is 38.5 Å². The molecule has 4 aliphatic rings. The summed E-state index contributed by atoms with van der Waals surface area (Å²) in [4.78, 5) is 12.1. The maximum Gasteiger partial charge on any atom is 0.315 e. The zero-order valence-corrected chi connectivity index (χ0v) is 12.3. The standard InChI is InChI=1S/C17H26N2O/c1-2-3-4-5-6-18-16(20)19-17-10-13-7-14(11-17)9-15(8-13)12-17/h1,13-15H,3-12H2,(H2,18,19,20). The van der Waals surface area contributed by atoms with Crippen molar-refractivity contribution in [2.24, 2.45) is 17.8 Å². The van der Waals surface area contributed by atoms with Crippen molar-refractivity contribution in [3.05, 3.63) is 0 Å². The van der Waals surface area contributed by atoms with Gasteiger partial charge in [0.25, 0.3) is 0 Å².